The molecule has 0 radical (unpaired) electrons. The second kappa shape index (κ2) is 5.95. The van der Waals surface area contributed by atoms with E-state index in [0.717, 1.165) is 17.1 Å². The van der Waals surface area contributed by atoms with Crippen LogP contribution in [-0.2, 0) is 9.53 Å². The maximum atomic E-state index is 11.5. The summed E-state index contributed by atoms with van der Waals surface area (Å²) >= 11 is 0. The average Bonchev–Trinajstić information content (AvgIpc) is 2.43. The van der Waals surface area contributed by atoms with Crippen LogP contribution in [0.5, 0.6) is 11.5 Å². The Kier molecular flexibility index (Phi) is 4.30. The van der Waals surface area contributed by atoms with E-state index in [4.69, 9.17) is 14.2 Å². The van der Waals surface area contributed by atoms with Gasteiger partial charge in [0.25, 0.3) is 0 Å². The zero-order chi connectivity index (χ0) is 13.8. The fraction of sp³-hybridized carbons (Fsp3) is 0.533. The molecule has 4 nitrogen and oxygen atoms in total. The number of rotatable bonds is 4. The van der Waals surface area contributed by atoms with Gasteiger partial charge >= 0.3 is 5.97 Å². The highest BCUT2D eigenvalue weighted by Crippen LogP contribution is 2.36. The van der Waals surface area contributed by atoms with Crippen molar-refractivity contribution in [3.63, 3.8) is 0 Å². The van der Waals surface area contributed by atoms with Gasteiger partial charge in [-0.15, -0.1) is 0 Å². The molecule has 0 aliphatic carbocycles. The summed E-state index contributed by atoms with van der Waals surface area (Å²) in [5, 5.41) is 0. The molecule has 1 aliphatic rings. The van der Waals surface area contributed by atoms with Crippen LogP contribution in [-0.4, -0.2) is 26.3 Å². The van der Waals surface area contributed by atoms with E-state index in [-0.39, 0.29) is 11.9 Å². The molecule has 1 aliphatic heterocycles. The first-order valence-electron chi connectivity index (χ1n) is 6.58. The van der Waals surface area contributed by atoms with Crippen LogP contribution in [0, 0.1) is 5.92 Å². The van der Waals surface area contributed by atoms with Gasteiger partial charge in [0.2, 0.25) is 0 Å². The van der Waals surface area contributed by atoms with Gasteiger partial charge in [0.05, 0.1) is 13.5 Å². The highest BCUT2D eigenvalue weighted by atomic mass is 16.6. The van der Waals surface area contributed by atoms with Crippen LogP contribution in [0.15, 0.2) is 18.2 Å². The Morgan fingerprint density at radius 2 is 1.95 bits per heavy atom. The van der Waals surface area contributed by atoms with Crippen LogP contribution in [0.4, 0.5) is 0 Å². The third-order valence-electron chi connectivity index (χ3n) is 3.41. The molecule has 1 heterocycles. The highest BCUT2D eigenvalue weighted by molar-refractivity contribution is 5.70. The molecular formula is C15H20O4. The van der Waals surface area contributed by atoms with E-state index in [1.165, 1.54) is 7.11 Å². The molecule has 0 aromatic heterocycles. The summed E-state index contributed by atoms with van der Waals surface area (Å²) in [6, 6.07) is 5.89. The summed E-state index contributed by atoms with van der Waals surface area (Å²) in [4.78, 5) is 11.5. The zero-order valence-corrected chi connectivity index (χ0v) is 11.6. The molecule has 0 amide bonds. The Hall–Kier alpha value is -1.71. The molecule has 1 unspecified atom stereocenters. The van der Waals surface area contributed by atoms with Gasteiger partial charge < -0.3 is 14.2 Å². The summed E-state index contributed by atoms with van der Waals surface area (Å²) in [7, 11) is 1.42. The van der Waals surface area contributed by atoms with Crippen molar-refractivity contribution in [2.45, 2.75) is 26.2 Å². The molecule has 0 fully saturated rings. The van der Waals surface area contributed by atoms with Crippen molar-refractivity contribution >= 4 is 5.97 Å². The molecule has 1 aromatic carbocycles. The third kappa shape index (κ3) is 3.19. The van der Waals surface area contributed by atoms with Crippen molar-refractivity contribution in [3.05, 3.63) is 23.8 Å². The second-order valence-corrected chi connectivity index (χ2v) is 5.03. The highest BCUT2D eigenvalue weighted by Gasteiger charge is 2.22. The molecule has 1 aromatic rings. The van der Waals surface area contributed by atoms with Gasteiger partial charge in [-0.3, -0.25) is 4.79 Å². The number of esters is 1. The first-order valence-corrected chi connectivity index (χ1v) is 6.58. The Bertz CT molecular complexity index is 453. The van der Waals surface area contributed by atoms with E-state index >= 15 is 0 Å². The summed E-state index contributed by atoms with van der Waals surface area (Å²) in [6.07, 6.45) is 0.383. The maximum Gasteiger partial charge on any atom is 0.306 e. The van der Waals surface area contributed by atoms with Crippen LogP contribution in [0.2, 0.25) is 0 Å². The first-order chi connectivity index (χ1) is 9.11. The van der Waals surface area contributed by atoms with Crippen LogP contribution in [0.3, 0.4) is 0 Å². The molecule has 104 valence electrons. The smallest absolute Gasteiger partial charge is 0.306 e. The number of methoxy groups -OCH3 is 1. The number of benzene rings is 1. The van der Waals surface area contributed by atoms with Crippen molar-refractivity contribution in [3.8, 4) is 11.5 Å². The zero-order valence-electron chi connectivity index (χ0n) is 11.6. The van der Waals surface area contributed by atoms with Gasteiger partial charge in [-0.1, -0.05) is 19.9 Å². The predicted molar refractivity (Wildman–Crippen MR) is 71.6 cm³/mol. The number of ether oxygens (including phenoxy) is 3. The Morgan fingerprint density at radius 3 is 2.58 bits per heavy atom. The molecule has 19 heavy (non-hydrogen) atoms. The summed E-state index contributed by atoms with van der Waals surface area (Å²) in [6.45, 7) is 5.36. The van der Waals surface area contributed by atoms with Gasteiger partial charge in [0, 0.05) is 0 Å². The number of fused-ring (bicyclic) bond motifs is 1. The fourth-order valence-corrected chi connectivity index (χ4v) is 2.29. The topological polar surface area (TPSA) is 44.8 Å². The minimum Gasteiger partial charge on any atom is -0.486 e. The first kappa shape index (κ1) is 13.7. The van der Waals surface area contributed by atoms with E-state index in [9.17, 15) is 4.79 Å². The lowest BCUT2D eigenvalue weighted by molar-refractivity contribution is -0.141. The number of carbonyl (C=O) groups excluding carboxylic acids is 1. The number of carbonyl (C=O) groups is 1. The van der Waals surface area contributed by atoms with Gasteiger partial charge in [0.1, 0.15) is 13.2 Å². The van der Waals surface area contributed by atoms with Gasteiger partial charge in [-0.05, 0) is 29.5 Å². The van der Waals surface area contributed by atoms with Crippen molar-refractivity contribution < 1.29 is 19.0 Å². The molecule has 2 rings (SSSR count). The van der Waals surface area contributed by atoms with Crippen molar-refractivity contribution in [1.82, 2.24) is 0 Å². The van der Waals surface area contributed by atoms with E-state index in [1.807, 2.05) is 18.2 Å². The molecular weight excluding hydrogens is 244 g/mol. The average molecular weight is 264 g/mol. The maximum absolute atomic E-state index is 11.5. The predicted octanol–water partition coefficient (Wildman–Crippen LogP) is 2.76. The molecule has 1 atom stereocenters. The molecule has 0 N–H and O–H groups in total. The van der Waals surface area contributed by atoms with Crippen LogP contribution >= 0.6 is 0 Å². The summed E-state index contributed by atoms with van der Waals surface area (Å²) in [5.74, 6) is 1.83. The lowest BCUT2D eigenvalue weighted by Crippen LogP contribution is -2.17. The minimum atomic E-state index is -0.186. The van der Waals surface area contributed by atoms with Crippen molar-refractivity contribution in [1.29, 1.82) is 0 Å². The number of hydrogen-bond acceptors (Lipinski definition) is 4. The lowest BCUT2D eigenvalue weighted by Gasteiger charge is -2.23. The molecule has 0 spiro atoms. The Balaban J connectivity index is 2.24. The van der Waals surface area contributed by atoms with Crippen molar-refractivity contribution in [2.24, 2.45) is 5.92 Å². The molecule has 0 bridgehead atoms. The normalized spacial score (nSPS) is 15.2. The Morgan fingerprint density at radius 1 is 1.26 bits per heavy atom. The Labute approximate surface area is 113 Å². The molecule has 0 saturated heterocycles. The van der Waals surface area contributed by atoms with Crippen molar-refractivity contribution in [2.75, 3.05) is 20.3 Å². The van der Waals surface area contributed by atoms with Crippen LogP contribution < -0.4 is 9.47 Å². The standard InChI is InChI=1S/C15H20O4/c1-10(2)12(9-15(16)17-3)11-4-5-13-14(8-11)19-7-6-18-13/h4-5,8,10,12H,6-7,9H2,1-3H3. The molecule has 0 saturated carbocycles. The largest absolute Gasteiger partial charge is 0.486 e. The SMILES string of the molecule is COC(=O)CC(c1ccc2c(c1)OCCO2)C(C)C. The van der Waals surface area contributed by atoms with Crippen LogP contribution in [0.1, 0.15) is 31.7 Å². The van der Waals surface area contributed by atoms with E-state index in [2.05, 4.69) is 13.8 Å². The summed E-state index contributed by atoms with van der Waals surface area (Å²) in [5.41, 5.74) is 1.09. The number of hydrogen-bond donors (Lipinski definition) is 0. The quantitative estimate of drug-likeness (QED) is 0.784. The second-order valence-electron chi connectivity index (χ2n) is 5.03. The molecule has 4 heteroatoms. The van der Waals surface area contributed by atoms with E-state index in [0.29, 0.717) is 25.6 Å². The summed E-state index contributed by atoms with van der Waals surface area (Å²) < 4.78 is 15.9. The van der Waals surface area contributed by atoms with E-state index in [1.54, 1.807) is 0 Å². The van der Waals surface area contributed by atoms with Crippen LogP contribution in [0.25, 0.3) is 0 Å². The lowest BCUT2D eigenvalue weighted by atomic mass is 9.85. The minimum absolute atomic E-state index is 0.128. The van der Waals surface area contributed by atoms with E-state index < -0.39 is 0 Å². The monoisotopic (exact) mass is 264 g/mol. The fourth-order valence-electron chi connectivity index (χ4n) is 2.29. The van der Waals surface area contributed by atoms with Gasteiger partial charge in [0.15, 0.2) is 11.5 Å². The third-order valence-corrected chi connectivity index (χ3v) is 3.41. The van der Waals surface area contributed by atoms with Gasteiger partial charge in [-0.25, -0.2) is 0 Å². The van der Waals surface area contributed by atoms with Gasteiger partial charge in [-0.2, -0.15) is 0 Å².